The topological polar surface area (TPSA) is 12.0 Å². The number of hydrogen-bond donors (Lipinski definition) is 1. The molecule has 0 radical (unpaired) electrons. The molecule has 0 spiro atoms. The van der Waals surface area contributed by atoms with Crippen molar-refractivity contribution in [2.45, 2.75) is 25.4 Å². The van der Waals surface area contributed by atoms with E-state index < -0.39 is 12.7 Å². The largest absolute Gasteiger partial charge is 0.401 e. The molecule has 0 aliphatic carbocycles. The molecule has 0 saturated heterocycles. The van der Waals surface area contributed by atoms with E-state index in [1.807, 2.05) is 37.3 Å². The van der Waals surface area contributed by atoms with Crippen molar-refractivity contribution in [3.05, 3.63) is 35.9 Å². The highest BCUT2D eigenvalue weighted by atomic mass is 19.4. The first kappa shape index (κ1) is 13.0. The Hall–Kier alpha value is -1.03. The summed E-state index contributed by atoms with van der Waals surface area (Å²) in [6, 6.07) is 9.61. The highest BCUT2D eigenvalue weighted by Crippen LogP contribution is 2.19. The predicted octanol–water partition coefficient (Wildman–Crippen LogP) is 3.33. The molecule has 1 aromatic rings. The van der Waals surface area contributed by atoms with Crippen molar-refractivity contribution in [2.75, 3.05) is 13.1 Å². The molecular weight excluding hydrogens is 215 g/mol. The second kappa shape index (κ2) is 5.89. The fourth-order valence-electron chi connectivity index (χ4n) is 1.61. The standard InChI is InChI=1S/C12H16F3N/c1-2-10(8-16-9-12(13,14)15)11-6-4-3-5-7-11/h3-7,10,16H,2,8-9H2,1H3. The molecule has 1 N–H and O–H groups in total. The Labute approximate surface area is 93.7 Å². The van der Waals surface area contributed by atoms with Crippen LogP contribution < -0.4 is 5.32 Å². The molecule has 1 rings (SSSR count). The number of nitrogens with one attached hydrogen (secondary N) is 1. The van der Waals surface area contributed by atoms with Crippen LogP contribution in [0.15, 0.2) is 30.3 Å². The van der Waals surface area contributed by atoms with Crippen LogP contribution in [0.5, 0.6) is 0 Å². The van der Waals surface area contributed by atoms with E-state index in [0.717, 1.165) is 12.0 Å². The van der Waals surface area contributed by atoms with Crippen molar-refractivity contribution in [1.29, 1.82) is 0 Å². The van der Waals surface area contributed by atoms with Gasteiger partial charge in [0.05, 0.1) is 6.54 Å². The zero-order valence-electron chi connectivity index (χ0n) is 9.22. The lowest BCUT2D eigenvalue weighted by atomic mass is 9.96. The molecule has 0 amide bonds. The smallest absolute Gasteiger partial charge is 0.308 e. The second-order valence-electron chi connectivity index (χ2n) is 3.76. The first-order chi connectivity index (χ1) is 7.53. The number of halogens is 3. The molecule has 1 aromatic carbocycles. The second-order valence-corrected chi connectivity index (χ2v) is 3.76. The van der Waals surface area contributed by atoms with Gasteiger partial charge in [0, 0.05) is 6.54 Å². The molecule has 1 nitrogen and oxygen atoms in total. The summed E-state index contributed by atoms with van der Waals surface area (Å²) in [5.41, 5.74) is 1.08. The molecular formula is C12H16F3N. The molecule has 1 atom stereocenters. The van der Waals surface area contributed by atoms with Gasteiger partial charge < -0.3 is 5.32 Å². The van der Waals surface area contributed by atoms with Crippen molar-refractivity contribution in [3.63, 3.8) is 0 Å². The molecule has 16 heavy (non-hydrogen) atoms. The summed E-state index contributed by atoms with van der Waals surface area (Å²) in [6.07, 6.45) is -3.30. The van der Waals surface area contributed by atoms with Gasteiger partial charge in [-0.05, 0) is 17.9 Å². The van der Waals surface area contributed by atoms with Gasteiger partial charge in [0.25, 0.3) is 0 Å². The Kier molecular flexibility index (Phi) is 4.80. The molecule has 90 valence electrons. The molecule has 0 fully saturated rings. The SMILES string of the molecule is CCC(CNCC(F)(F)F)c1ccccc1. The highest BCUT2D eigenvalue weighted by molar-refractivity contribution is 5.19. The number of benzene rings is 1. The van der Waals surface area contributed by atoms with Gasteiger partial charge in [-0.1, -0.05) is 37.3 Å². The summed E-state index contributed by atoms with van der Waals surface area (Å²) in [4.78, 5) is 0. The molecule has 0 heterocycles. The number of hydrogen-bond acceptors (Lipinski definition) is 1. The van der Waals surface area contributed by atoms with E-state index in [9.17, 15) is 13.2 Å². The maximum absolute atomic E-state index is 11.9. The summed E-state index contributed by atoms with van der Waals surface area (Å²) in [5, 5.41) is 2.45. The Morgan fingerprint density at radius 2 is 1.81 bits per heavy atom. The van der Waals surface area contributed by atoms with E-state index in [1.165, 1.54) is 0 Å². The molecule has 0 saturated carbocycles. The zero-order valence-corrected chi connectivity index (χ0v) is 9.22. The molecule has 1 unspecified atom stereocenters. The Balaban J connectivity index is 2.45. The minimum Gasteiger partial charge on any atom is -0.308 e. The van der Waals surface area contributed by atoms with Crippen LogP contribution in [0, 0.1) is 0 Å². The maximum atomic E-state index is 11.9. The molecule has 0 aromatic heterocycles. The minimum absolute atomic E-state index is 0.142. The van der Waals surface area contributed by atoms with Crippen LogP contribution in [-0.4, -0.2) is 19.3 Å². The fraction of sp³-hybridized carbons (Fsp3) is 0.500. The van der Waals surface area contributed by atoms with Gasteiger partial charge in [-0.15, -0.1) is 0 Å². The Bertz CT molecular complexity index is 295. The zero-order chi connectivity index (χ0) is 12.0. The van der Waals surface area contributed by atoms with Crippen molar-refractivity contribution in [2.24, 2.45) is 0 Å². The van der Waals surface area contributed by atoms with Gasteiger partial charge >= 0.3 is 6.18 Å². The van der Waals surface area contributed by atoms with Gasteiger partial charge in [-0.25, -0.2) is 0 Å². The van der Waals surface area contributed by atoms with E-state index in [-0.39, 0.29) is 5.92 Å². The van der Waals surface area contributed by atoms with Crippen LogP contribution in [-0.2, 0) is 0 Å². The first-order valence-electron chi connectivity index (χ1n) is 5.35. The lowest BCUT2D eigenvalue weighted by molar-refractivity contribution is -0.124. The summed E-state index contributed by atoms with van der Waals surface area (Å²) in [7, 11) is 0. The van der Waals surface area contributed by atoms with Crippen LogP contribution in [0.2, 0.25) is 0 Å². The van der Waals surface area contributed by atoms with Gasteiger partial charge in [0.2, 0.25) is 0 Å². The average molecular weight is 231 g/mol. The summed E-state index contributed by atoms with van der Waals surface area (Å²) in [6.45, 7) is 1.42. The van der Waals surface area contributed by atoms with Crippen molar-refractivity contribution >= 4 is 0 Å². The molecule has 0 aliphatic rings. The fourth-order valence-corrected chi connectivity index (χ4v) is 1.61. The highest BCUT2D eigenvalue weighted by Gasteiger charge is 2.26. The Morgan fingerprint density at radius 1 is 1.19 bits per heavy atom. The molecule has 0 bridgehead atoms. The first-order valence-corrected chi connectivity index (χ1v) is 5.35. The van der Waals surface area contributed by atoms with Crippen molar-refractivity contribution in [3.8, 4) is 0 Å². The Morgan fingerprint density at radius 3 is 2.31 bits per heavy atom. The lowest BCUT2D eigenvalue weighted by Crippen LogP contribution is -2.31. The summed E-state index contributed by atoms with van der Waals surface area (Å²) in [5.74, 6) is 0.142. The van der Waals surface area contributed by atoms with E-state index in [1.54, 1.807) is 0 Å². The average Bonchev–Trinajstić information content (AvgIpc) is 2.24. The third kappa shape index (κ3) is 4.66. The quantitative estimate of drug-likeness (QED) is 0.819. The van der Waals surface area contributed by atoms with Gasteiger partial charge in [0.15, 0.2) is 0 Å². The lowest BCUT2D eigenvalue weighted by Gasteiger charge is -2.17. The van der Waals surface area contributed by atoms with Crippen LogP contribution >= 0.6 is 0 Å². The van der Waals surface area contributed by atoms with Crippen LogP contribution in [0.25, 0.3) is 0 Å². The monoisotopic (exact) mass is 231 g/mol. The van der Waals surface area contributed by atoms with E-state index in [4.69, 9.17) is 0 Å². The van der Waals surface area contributed by atoms with Crippen molar-refractivity contribution in [1.82, 2.24) is 5.32 Å². The van der Waals surface area contributed by atoms with E-state index in [0.29, 0.717) is 6.54 Å². The predicted molar refractivity (Wildman–Crippen MR) is 58.4 cm³/mol. The van der Waals surface area contributed by atoms with E-state index in [2.05, 4.69) is 5.32 Å². The van der Waals surface area contributed by atoms with Gasteiger partial charge in [-0.3, -0.25) is 0 Å². The van der Waals surface area contributed by atoms with Crippen LogP contribution in [0.3, 0.4) is 0 Å². The van der Waals surface area contributed by atoms with Crippen LogP contribution in [0.1, 0.15) is 24.8 Å². The third-order valence-electron chi connectivity index (χ3n) is 2.48. The third-order valence-corrected chi connectivity index (χ3v) is 2.48. The van der Waals surface area contributed by atoms with Crippen molar-refractivity contribution < 1.29 is 13.2 Å². The number of rotatable bonds is 5. The van der Waals surface area contributed by atoms with Gasteiger partial charge in [-0.2, -0.15) is 13.2 Å². The molecule has 0 aliphatic heterocycles. The van der Waals surface area contributed by atoms with Crippen LogP contribution in [0.4, 0.5) is 13.2 Å². The normalized spacial score (nSPS) is 13.8. The maximum Gasteiger partial charge on any atom is 0.401 e. The van der Waals surface area contributed by atoms with E-state index >= 15 is 0 Å². The molecule has 4 heteroatoms. The number of alkyl halides is 3. The minimum atomic E-state index is -4.13. The summed E-state index contributed by atoms with van der Waals surface area (Å²) >= 11 is 0. The summed E-state index contributed by atoms with van der Waals surface area (Å²) < 4.78 is 35.8. The van der Waals surface area contributed by atoms with Gasteiger partial charge in [0.1, 0.15) is 0 Å².